The van der Waals surface area contributed by atoms with E-state index in [9.17, 15) is 13.2 Å². The minimum absolute atomic E-state index is 0.0727. The lowest BCUT2D eigenvalue weighted by atomic mass is 10.1. The minimum atomic E-state index is -4.40. The van der Waals surface area contributed by atoms with Gasteiger partial charge in [-0.2, -0.15) is 18.2 Å². The Hall–Kier alpha value is -1.93. The van der Waals surface area contributed by atoms with Crippen LogP contribution in [0.2, 0.25) is 0 Å². The zero-order valence-corrected chi connectivity index (χ0v) is 11.6. The molecule has 1 aliphatic rings. The number of rotatable bonds is 3. The Labute approximate surface area is 124 Å². The number of nitrogens with one attached hydrogen (secondary N) is 1. The summed E-state index contributed by atoms with van der Waals surface area (Å²) in [5.41, 5.74) is -0.462. The number of ether oxygens (including phenoxy) is 1. The van der Waals surface area contributed by atoms with Crippen LogP contribution in [0.3, 0.4) is 0 Å². The van der Waals surface area contributed by atoms with Crippen LogP contribution in [0.15, 0.2) is 28.8 Å². The molecule has 2 aromatic rings. The van der Waals surface area contributed by atoms with E-state index >= 15 is 0 Å². The van der Waals surface area contributed by atoms with E-state index in [2.05, 4.69) is 15.5 Å². The monoisotopic (exact) mass is 313 g/mol. The average Bonchev–Trinajstić information content (AvgIpc) is 2.96. The predicted octanol–water partition coefficient (Wildman–Crippen LogP) is 2.29. The van der Waals surface area contributed by atoms with Crippen LogP contribution in [0.1, 0.15) is 11.5 Å². The first-order valence-corrected chi connectivity index (χ1v) is 6.84. The highest BCUT2D eigenvalue weighted by Gasteiger charge is 2.30. The molecule has 1 unspecified atom stereocenters. The van der Waals surface area contributed by atoms with E-state index in [4.69, 9.17) is 9.26 Å². The van der Waals surface area contributed by atoms with Crippen molar-refractivity contribution in [3.05, 3.63) is 35.7 Å². The predicted molar refractivity (Wildman–Crippen MR) is 71.0 cm³/mol. The number of hydrogen-bond donors (Lipinski definition) is 1. The van der Waals surface area contributed by atoms with Gasteiger partial charge in [-0.25, -0.2) is 0 Å². The van der Waals surface area contributed by atoms with Crippen molar-refractivity contribution in [2.45, 2.75) is 18.6 Å². The summed E-state index contributed by atoms with van der Waals surface area (Å²) in [6.07, 6.45) is -3.92. The van der Waals surface area contributed by atoms with Crippen LogP contribution >= 0.6 is 0 Å². The first kappa shape index (κ1) is 15.0. The lowest BCUT2D eigenvalue weighted by Crippen LogP contribution is -2.42. The molecular weight excluding hydrogens is 299 g/mol. The van der Waals surface area contributed by atoms with Gasteiger partial charge in [0.1, 0.15) is 0 Å². The molecule has 1 aromatic carbocycles. The first-order valence-electron chi connectivity index (χ1n) is 6.84. The molecule has 1 N–H and O–H groups in total. The molecule has 3 rings (SSSR count). The van der Waals surface area contributed by atoms with Crippen LogP contribution in [0.25, 0.3) is 11.4 Å². The Morgan fingerprint density at radius 1 is 1.32 bits per heavy atom. The van der Waals surface area contributed by atoms with Gasteiger partial charge in [0.15, 0.2) is 0 Å². The Bertz CT molecular complexity index is 636. The SMILES string of the molecule is FC(F)(F)c1cccc(-c2noc(CC3COCCN3)n2)c1. The fraction of sp³-hybridized carbons (Fsp3) is 0.429. The van der Waals surface area contributed by atoms with Crippen molar-refractivity contribution >= 4 is 0 Å². The van der Waals surface area contributed by atoms with Gasteiger partial charge in [0, 0.05) is 24.6 Å². The summed E-state index contributed by atoms with van der Waals surface area (Å²) in [4.78, 5) is 4.16. The van der Waals surface area contributed by atoms with Crippen molar-refractivity contribution < 1.29 is 22.4 Å². The van der Waals surface area contributed by atoms with Crippen LogP contribution in [-0.2, 0) is 17.3 Å². The van der Waals surface area contributed by atoms with Crippen molar-refractivity contribution in [3.63, 3.8) is 0 Å². The maximum atomic E-state index is 12.7. The van der Waals surface area contributed by atoms with Crippen LogP contribution in [0.5, 0.6) is 0 Å². The van der Waals surface area contributed by atoms with Crippen LogP contribution in [0, 0.1) is 0 Å². The van der Waals surface area contributed by atoms with E-state index in [-0.39, 0.29) is 17.4 Å². The molecule has 1 aromatic heterocycles. The van der Waals surface area contributed by atoms with Gasteiger partial charge < -0.3 is 14.6 Å². The van der Waals surface area contributed by atoms with E-state index in [1.165, 1.54) is 12.1 Å². The lowest BCUT2D eigenvalue weighted by molar-refractivity contribution is -0.137. The van der Waals surface area contributed by atoms with Crippen molar-refractivity contribution in [2.75, 3.05) is 19.8 Å². The zero-order valence-electron chi connectivity index (χ0n) is 11.6. The molecule has 8 heteroatoms. The normalized spacial score (nSPS) is 19.3. The molecule has 1 aliphatic heterocycles. The Morgan fingerprint density at radius 2 is 2.18 bits per heavy atom. The lowest BCUT2D eigenvalue weighted by Gasteiger charge is -2.22. The summed E-state index contributed by atoms with van der Waals surface area (Å²) in [5, 5.41) is 7.00. The van der Waals surface area contributed by atoms with Crippen LogP contribution in [0.4, 0.5) is 13.2 Å². The fourth-order valence-corrected chi connectivity index (χ4v) is 2.25. The molecule has 118 valence electrons. The largest absolute Gasteiger partial charge is 0.416 e. The Balaban J connectivity index is 1.75. The van der Waals surface area contributed by atoms with Gasteiger partial charge in [-0.3, -0.25) is 0 Å². The Morgan fingerprint density at radius 3 is 2.91 bits per heavy atom. The number of alkyl halides is 3. The molecule has 0 bridgehead atoms. The summed E-state index contributed by atoms with van der Waals surface area (Å²) >= 11 is 0. The average molecular weight is 313 g/mol. The van der Waals surface area contributed by atoms with Crippen molar-refractivity contribution in [1.29, 1.82) is 0 Å². The molecule has 2 heterocycles. The highest BCUT2D eigenvalue weighted by atomic mass is 19.4. The molecule has 0 spiro atoms. The van der Waals surface area contributed by atoms with Gasteiger partial charge >= 0.3 is 6.18 Å². The van der Waals surface area contributed by atoms with E-state index in [0.29, 0.717) is 25.5 Å². The molecule has 0 saturated carbocycles. The standard InChI is InChI=1S/C14H14F3N3O2/c15-14(16,17)10-3-1-2-9(6-10)13-19-12(22-20-13)7-11-8-21-5-4-18-11/h1-3,6,11,18H,4-5,7-8H2. The second-order valence-corrected chi connectivity index (χ2v) is 5.02. The fourth-order valence-electron chi connectivity index (χ4n) is 2.25. The number of benzene rings is 1. The molecule has 1 fully saturated rings. The van der Waals surface area contributed by atoms with Gasteiger partial charge in [-0.15, -0.1) is 0 Å². The third-order valence-corrected chi connectivity index (χ3v) is 3.34. The van der Waals surface area contributed by atoms with Gasteiger partial charge in [-0.05, 0) is 12.1 Å². The summed E-state index contributed by atoms with van der Waals surface area (Å²) in [5.74, 6) is 0.522. The first-order chi connectivity index (χ1) is 10.5. The van der Waals surface area contributed by atoms with Crippen molar-refractivity contribution in [3.8, 4) is 11.4 Å². The van der Waals surface area contributed by atoms with E-state index in [1.807, 2.05) is 0 Å². The van der Waals surface area contributed by atoms with Crippen molar-refractivity contribution in [2.24, 2.45) is 0 Å². The quantitative estimate of drug-likeness (QED) is 0.942. The molecule has 0 amide bonds. The van der Waals surface area contributed by atoms with Gasteiger partial charge in [0.25, 0.3) is 0 Å². The number of hydrogen-bond acceptors (Lipinski definition) is 5. The number of aromatic nitrogens is 2. The van der Waals surface area contributed by atoms with Crippen LogP contribution in [-0.4, -0.2) is 35.9 Å². The number of morpholine rings is 1. The number of halogens is 3. The van der Waals surface area contributed by atoms with Gasteiger partial charge in [-0.1, -0.05) is 17.3 Å². The third-order valence-electron chi connectivity index (χ3n) is 3.34. The summed E-state index contributed by atoms with van der Waals surface area (Å²) in [7, 11) is 0. The second-order valence-electron chi connectivity index (χ2n) is 5.02. The summed E-state index contributed by atoms with van der Waals surface area (Å²) < 4.78 is 48.6. The van der Waals surface area contributed by atoms with E-state index < -0.39 is 11.7 Å². The topological polar surface area (TPSA) is 60.2 Å². The molecule has 22 heavy (non-hydrogen) atoms. The van der Waals surface area contributed by atoms with Crippen molar-refractivity contribution in [1.82, 2.24) is 15.5 Å². The van der Waals surface area contributed by atoms with E-state index in [0.717, 1.165) is 18.7 Å². The molecule has 0 radical (unpaired) electrons. The highest BCUT2D eigenvalue weighted by Crippen LogP contribution is 2.31. The molecular formula is C14H14F3N3O2. The van der Waals surface area contributed by atoms with Crippen LogP contribution < -0.4 is 5.32 Å². The second kappa shape index (κ2) is 6.05. The Kier molecular flexibility index (Phi) is 4.12. The molecule has 0 aliphatic carbocycles. The third kappa shape index (κ3) is 3.45. The maximum absolute atomic E-state index is 12.7. The molecule has 1 atom stereocenters. The molecule has 5 nitrogen and oxygen atoms in total. The number of nitrogens with zero attached hydrogens (tertiary/aromatic N) is 2. The zero-order chi connectivity index (χ0) is 15.6. The van der Waals surface area contributed by atoms with E-state index in [1.54, 1.807) is 0 Å². The molecule has 1 saturated heterocycles. The smallest absolute Gasteiger partial charge is 0.378 e. The van der Waals surface area contributed by atoms with Gasteiger partial charge in [0.05, 0.1) is 18.8 Å². The highest BCUT2D eigenvalue weighted by molar-refractivity contribution is 5.55. The maximum Gasteiger partial charge on any atom is 0.416 e. The summed E-state index contributed by atoms with van der Waals surface area (Å²) in [6, 6.07) is 4.93. The van der Waals surface area contributed by atoms with Gasteiger partial charge in [0.2, 0.25) is 11.7 Å². The summed E-state index contributed by atoms with van der Waals surface area (Å²) in [6.45, 7) is 1.95. The minimum Gasteiger partial charge on any atom is -0.378 e.